The number of aryl methyl sites for hydroxylation is 1. The molecule has 0 spiro atoms. The number of hydrogen-bond acceptors (Lipinski definition) is 3. The first-order valence-corrected chi connectivity index (χ1v) is 7.16. The van der Waals surface area contributed by atoms with Crippen LogP contribution in [0.2, 0.25) is 0 Å². The standard InChI is InChI=1S/C13H12BrFN2OS/c1-7-10(14)5-9(19-7)6-17-12-4-8(13(16)18)2-3-11(12)15/h2-5,17H,6H2,1H3,(H2,16,18). The summed E-state index contributed by atoms with van der Waals surface area (Å²) in [6.07, 6.45) is 0. The van der Waals surface area contributed by atoms with Crippen molar-refractivity contribution in [1.29, 1.82) is 0 Å². The van der Waals surface area contributed by atoms with Crippen LogP contribution in [0.25, 0.3) is 0 Å². The predicted molar refractivity (Wildman–Crippen MR) is 79.0 cm³/mol. The second-order valence-corrected chi connectivity index (χ2v) is 6.22. The molecule has 0 aliphatic heterocycles. The number of primary amides is 1. The van der Waals surface area contributed by atoms with Gasteiger partial charge in [0.15, 0.2) is 0 Å². The van der Waals surface area contributed by atoms with Crippen LogP contribution in [0.4, 0.5) is 10.1 Å². The Bertz CT molecular complexity index is 608. The average Bonchev–Trinajstić information content (AvgIpc) is 2.67. The van der Waals surface area contributed by atoms with E-state index in [4.69, 9.17) is 5.73 Å². The Hall–Kier alpha value is -1.40. The summed E-state index contributed by atoms with van der Waals surface area (Å²) >= 11 is 5.06. The molecule has 0 fully saturated rings. The van der Waals surface area contributed by atoms with E-state index in [1.54, 1.807) is 11.3 Å². The molecule has 0 saturated heterocycles. The number of carbonyl (C=O) groups excluding carboxylic acids is 1. The summed E-state index contributed by atoms with van der Waals surface area (Å²) in [6, 6.07) is 6.02. The lowest BCUT2D eigenvalue weighted by molar-refractivity contribution is 0.100. The normalized spacial score (nSPS) is 10.5. The molecule has 3 nitrogen and oxygen atoms in total. The number of benzene rings is 1. The minimum atomic E-state index is -0.572. The van der Waals surface area contributed by atoms with Gasteiger partial charge in [-0.05, 0) is 47.1 Å². The zero-order valence-corrected chi connectivity index (χ0v) is 12.6. The summed E-state index contributed by atoms with van der Waals surface area (Å²) in [5, 5.41) is 2.97. The molecule has 0 unspecified atom stereocenters. The number of amides is 1. The zero-order chi connectivity index (χ0) is 14.0. The molecule has 19 heavy (non-hydrogen) atoms. The fourth-order valence-electron chi connectivity index (χ4n) is 1.60. The number of halogens is 2. The van der Waals surface area contributed by atoms with Crippen molar-refractivity contribution in [3.63, 3.8) is 0 Å². The summed E-state index contributed by atoms with van der Waals surface area (Å²) in [5.74, 6) is -0.977. The number of nitrogens with one attached hydrogen (secondary N) is 1. The quantitative estimate of drug-likeness (QED) is 0.890. The average molecular weight is 343 g/mol. The first-order chi connectivity index (χ1) is 8.97. The molecule has 100 valence electrons. The molecule has 6 heteroatoms. The Morgan fingerprint density at radius 3 is 2.79 bits per heavy atom. The second-order valence-electron chi connectivity index (χ2n) is 4.03. The van der Waals surface area contributed by atoms with Crippen molar-refractivity contribution in [1.82, 2.24) is 0 Å². The van der Waals surface area contributed by atoms with E-state index in [0.29, 0.717) is 6.54 Å². The molecule has 3 N–H and O–H groups in total. The van der Waals surface area contributed by atoms with Crippen LogP contribution in [0, 0.1) is 12.7 Å². The van der Waals surface area contributed by atoms with E-state index in [1.165, 1.54) is 23.1 Å². The van der Waals surface area contributed by atoms with Gasteiger partial charge in [-0.25, -0.2) is 4.39 Å². The van der Waals surface area contributed by atoms with Crippen molar-refractivity contribution >= 4 is 38.9 Å². The van der Waals surface area contributed by atoms with Gasteiger partial charge in [-0.1, -0.05) is 0 Å². The van der Waals surface area contributed by atoms with Gasteiger partial charge in [-0.3, -0.25) is 4.79 Å². The summed E-state index contributed by atoms with van der Waals surface area (Å²) in [6.45, 7) is 2.50. The van der Waals surface area contributed by atoms with Crippen molar-refractivity contribution in [3.05, 3.63) is 49.9 Å². The van der Waals surface area contributed by atoms with Crippen molar-refractivity contribution in [3.8, 4) is 0 Å². The number of thiophene rings is 1. The Morgan fingerprint density at radius 2 is 2.21 bits per heavy atom. The van der Waals surface area contributed by atoms with E-state index in [0.717, 1.165) is 9.35 Å². The highest BCUT2D eigenvalue weighted by atomic mass is 79.9. The van der Waals surface area contributed by atoms with Crippen LogP contribution < -0.4 is 11.1 Å². The Labute approximate surface area is 122 Å². The molecular weight excluding hydrogens is 331 g/mol. The third-order valence-electron chi connectivity index (χ3n) is 2.61. The van der Waals surface area contributed by atoms with E-state index in [2.05, 4.69) is 21.2 Å². The van der Waals surface area contributed by atoms with Gasteiger partial charge < -0.3 is 11.1 Å². The van der Waals surface area contributed by atoms with Crippen LogP contribution in [0.15, 0.2) is 28.7 Å². The first kappa shape index (κ1) is 14.0. The monoisotopic (exact) mass is 342 g/mol. The molecule has 0 aliphatic carbocycles. The number of carbonyl (C=O) groups is 1. The summed E-state index contributed by atoms with van der Waals surface area (Å²) < 4.78 is 14.6. The minimum absolute atomic E-state index is 0.276. The van der Waals surface area contributed by atoms with Crippen molar-refractivity contribution < 1.29 is 9.18 Å². The lowest BCUT2D eigenvalue weighted by Gasteiger charge is -2.07. The second kappa shape index (κ2) is 5.71. The lowest BCUT2D eigenvalue weighted by atomic mass is 10.2. The van der Waals surface area contributed by atoms with Gasteiger partial charge in [-0.2, -0.15) is 0 Å². The lowest BCUT2D eigenvalue weighted by Crippen LogP contribution is -2.12. The van der Waals surface area contributed by atoms with Crippen LogP contribution in [0.3, 0.4) is 0 Å². The Balaban J connectivity index is 2.14. The van der Waals surface area contributed by atoms with E-state index in [9.17, 15) is 9.18 Å². The molecular formula is C13H12BrFN2OS. The van der Waals surface area contributed by atoms with Crippen LogP contribution >= 0.6 is 27.3 Å². The SMILES string of the molecule is Cc1sc(CNc2cc(C(N)=O)ccc2F)cc1Br. The summed E-state index contributed by atoms with van der Waals surface area (Å²) in [5.41, 5.74) is 5.73. The maximum atomic E-state index is 13.6. The highest BCUT2D eigenvalue weighted by Gasteiger charge is 2.08. The molecule has 2 aromatic rings. The molecule has 1 amide bonds. The third-order valence-corrected chi connectivity index (χ3v) is 4.75. The van der Waals surface area contributed by atoms with Crippen molar-refractivity contribution in [2.75, 3.05) is 5.32 Å². The van der Waals surface area contributed by atoms with E-state index < -0.39 is 11.7 Å². The largest absolute Gasteiger partial charge is 0.378 e. The Kier molecular flexibility index (Phi) is 4.21. The number of nitrogens with two attached hydrogens (primary N) is 1. The number of rotatable bonds is 4. The highest BCUT2D eigenvalue weighted by Crippen LogP contribution is 2.27. The smallest absolute Gasteiger partial charge is 0.248 e. The summed E-state index contributed by atoms with van der Waals surface area (Å²) in [4.78, 5) is 13.3. The maximum absolute atomic E-state index is 13.6. The van der Waals surface area contributed by atoms with Crippen molar-refractivity contribution in [2.24, 2.45) is 5.73 Å². The minimum Gasteiger partial charge on any atom is -0.378 e. The van der Waals surface area contributed by atoms with Crippen LogP contribution in [0.5, 0.6) is 0 Å². The van der Waals surface area contributed by atoms with Gasteiger partial charge >= 0.3 is 0 Å². The molecule has 0 radical (unpaired) electrons. The van der Waals surface area contributed by atoms with Crippen molar-refractivity contribution in [2.45, 2.75) is 13.5 Å². The molecule has 1 aromatic carbocycles. The fraction of sp³-hybridized carbons (Fsp3) is 0.154. The molecule has 0 aliphatic rings. The van der Waals surface area contributed by atoms with Gasteiger partial charge in [0.2, 0.25) is 5.91 Å². The molecule has 2 rings (SSSR count). The van der Waals surface area contributed by atoms with Gasteiger partial charge in [0, 0.05) is 26.3 Å². The molecule has 1 aromatic heterocycles. The maximum Gasteiger partial charge on any atom is 0.248 e. The van der Waals surface area contributed by atoms with Gasteiger partial charge in [0.05, 0.1) is 5.69 Å². The third kappa shape index (κ3) is 3.33. The predicted octanol–water partition coefficient (Wildman–Crippen LogP) is 3.67. The Morgan fingerprint density at radius 1 is 1.47 bits per heavy atom. The number of anilines is 1. The fourth-order valence-corrected chi connectivity index (χ4v) is 3.14. The highest BCUT2D eigenvalue weighted by molar-refractivity contribution is 9.10. The van der Waals surface area contributed by atoms with Gasteiger partial charge in [0.1, 0.15) is 5.82 Å². The molecule has 0 saturated carbocycles. The van der Waals surface area contributed by atoms with Crippen LogP contribution in [-0.4, -0.2) is 5.91 Å². The zero-order valence-electron chi connectivity index (χ0n) is 10.2. The molecule has 1 heterocycles. The molecule has 0 bridgehead atoms. The summed E-state index contributed by atoms with van der Waals surface area (Å²) in [7, 11) is 0. The topological polar surface area (TPSA) is 55.1 Å². The van der Waals surface area contributed by atoms with E-state index >= 15 is 0 Å². The van der Waals surface area contributed by atoms with Crippen LogP contribution in [-0.2, 0) is 6.54 Å². The van der Waals surface area contributed by atoms with Gasteiger partial charge in [-0.15, -0.1) is 11.3 Å². The molecule has 0 atom stereocenters. The van der Waals surface area contributed by atoms with E-state index in [-0.39, 0.29) is 11.3 Å². The van der Waals surface area contributed by atoms with E-state index in [1.807, 2.05) is 13.0 Å². The van der Waals surface area contributed by atoms with Crippen LogP contribution in [0.1, 0.15) is 20.1 Å². The first-order valence-electron chi connectivity index (χ1n) is 5.55. The number of hydrogen-bond donors (Lipinski definition) is 2. The van der Waals surface area contributed by atoms with Gasteiger partial charge in [0.25, 0.3) is 0 Å².